The molecule has 0 aromatic carbocycles. The largest absolute Gasteiger partial charge is 0.490 e. The van der Waals surface area contributed by atoms with E-state index in [1.807, 2.05) is 6.20 Å². The van der Waals surface area contributed by atoms with Crippen molar-refractivity contribution in [2.45, 2.75) is 31.2 Å². The van der Waals surface area contributed by atoms with Crippen LogP contribution in [0.15, 0.2) is 18.5 Å². The second-order valence-corrected chi connectivity index (χ2v) is 5.80. The molecule has 1 aromatic heterocycles. The molecule has 2 aliphatic rings. The molecule has 1 aliphatic carbocycles. The van der Waals surface area contributed by atoms with Crippen LogP contribution in [0.25, 0.3) is 0 Å². The first kappa shape index (κ1) is 12.9. The summed E-state index contributed by atoms with van der Waals surface area (Å²) in [6.45, 7) is 2.22. The van der Waals surface area contributed by atoms with E-state index in [1.54, 1.807) is 6.20 Å². The molecule has 19 heavy (non-hydrogen) atoms. The van der Waals surface area contributed by atoms with Crippen molar-refractivity contribution in [1.29, 1.82) is 0 Å². The van der Waals surface area contributed by atoms with Gasteiger partial charge in [0.25, 0.3) is 0 Å². The maximum atomic E-state index is 8.95. The van der Waals surface area contributed by atoms with Crippen LogP contribution < -0.4 is 4.74 Å². The van der Waals surface area contributed by atoms with Crippen molar-refractivity contribution >= 4 is 0 Å². The van der Waals surface area contributed by atoms with E-state index in [4.69, 9.17) is 9.84 Å². The number of likely N-dealkylation sites (tertiary alicyclic amines) is 1. The van der Waals surface area contributed by atoms with E-state index in [2.05, 4.69) is 23.0 Å². The van der Waals surface area contributed by atoms with Crippen LogP contribution in [-0.2, 0) is 0 Å². The highest BCUT2D eigenvalue weighted by molar-refractivity contribution is 5.30. The average molecular weight is 262 g/mol. The van der Waals surface area contributed by atoms with Gasteiger partial charge in [-0.05, 0) is 56.3 Å². The molecule has 104 valence electrons. The monoisotopic (exact) mass is 262 g/mol. The quantitative estimate of drug-likeness (QED) is 0.846. The molecular formula is C15H22N2O2. The second kappa shape index (κ2) is 5.47. The SMILES string of the molecule is CN1CCC1COc1cncc([C@H]2C[C@H]2CCO)c1. The van der Waals surface area contributed by atoms with Gasteiger partial charge in [0.2, 0.25) is 0 Å². The summed E-state index contributed by atoms with van der Waals surface area (Å²) >= 11 is 0. The topological polar surface area (TPSA) is 45.6 Å². The molecule has 0 radical (unpaired) electrons. The van der Waals surface area contributed by atoms with Crippen molar-refractivity contribution in [3.63, 3.8) is 0 Å². The van der Waals surface area contributed by atoms with E-state index < -0.39 is 0 Å². The lowest BCUT2D eigenvalue weighted by atomic mass is 10.1. The average Bonchev–Trinajstić information content (AvgIpc) is 3.17. The van der Waals surface area contributed by atoms with E-state index >= 15 is 0 Å². The molecule has 1 aliphatic heterocycles. The van der Waals surface area contributed by atoms with Gasteiger partial charge in [0.05, 0.1) is 6.20 Å². The number of aromatic nitrogens is 1. The van der Waals surface area contributed by atoms with E-state index in [0.717, 1.165) is 18.8 Å². The lowest BCUT2D eigenvalue weighted by molar-refractivity contribution is 0.0767. The molecule has 1 saturated carbocycles. The molecule has 3 atom stereocenters. The van der Waals surface area contributed by atoms with Crippen LogP contribution in [0.2, 0.25) is 0 Å². The van der Waals surface area contributed by atoms with Crippen molar-refractivity contribution in [3.8, 4) is 5.75 Å². The van der Waals surface area contributed by atoms with Crippen LogP contribution in [0.5, 0.6) is 5.75 Å². The Morgan fingerprint density at radius 1 is 1.47 bits per heavy atom. The van der Waals surface area contributed by atoms with E-state index in [-0.39, 0.29) is 0 Å². The number of hydrogen-bond donors (Lipinski definition) is 1. The zero-order valence-corrected chi connectivity index (χ0v) is 11.5. The number of rotatable bonds is 6. The zero-order chi connectivity index (χ0) is 13.2. The molecule has 3 rings (SSSR count). The number of aliphatic hydroxyl groups excluding tert-OH is 1. The number of aliphatic hydroxyl groups is 1. The van der Waals surface area contributed by atoms with Gasteiger partial charge in [-0.1, -0.05) is 0 Å². The van der Waals surface area contributed by atoms with Crippen LogP contribution >= 0.6 is 0 Å². The molecule has 1 N–H and O–H groups in total. The Kier molecular flexibility index (Phi) is 3.71. The highest BCUT2D eigenvalue weighted by Crippen LogP contribution is 2.49. The van der Waals surface area contributed by atoms with Gasteiger partial charge in [-0.25, -0.2) is 0 Å². The fourth-order valence-electron chi connectivity index (χ4n) is 2.83. The molecule has 4 heteroatoms. The Bertz CT molecular complexity index is 438. The Morgan fingerprint density at radius 2 is 2.37 bits per heavy atom. The summed E-state index contributed by atoms with van der Waals surface area (Å²) in [6.07, 6.45) is 7.04. The molecule has 1 unspecified atom stereocenters. The molecule has 2 heterocycles. The molecule has 0 amide bonds. The summed E-state index contributed by atoms with van der Waals surface area (Å²) in [5.74, 6) is 2.10. The molecule has 0 bridgehead atoms. The highest BCUT2D eigenvalue weighted by Gasteiger charge is 2.37. The van der Waals surface area contributed by atoms with Crippen molar-refractivity contribution in [3.05, 3.63) is 24.0 Å². The lowest BCUT2D eigenvalue weighted by Gasteiger charge is -2.37. The zero-order valence-electron chi connectivity index (χ0n) is 11.5. The molecule has 4 nitrogen and oxygen atoms in total. The number of nitrogens with zero attached hydrogens (tertiary/aromatic N) is 2. The van der Waals surface area contributed by atoms with Gasteiger partial charge >= 0.3 is 0 Å². The first-order chi connectivity index (χ1) is 9.28. The Balaban J connectivity index is 1.55. The van der Waals surface area contributed by atoms with E-state index in [0.29, 0.717) is 24.5 Å². The first-order valence-corrected chi connectivity index (χ1v) is 7.17. The van der Waals surface area contributed by atoms with Gasteiger partial charge in [0.1, 0.15) is 12.4 Å². The van der Waals surface area contributed by atoms with Crippen LogP contribution in [0, 0.1) is 5.92 Å². The van der Waals surface area contributed by atoms with Gasteiger partial charge in [0.15, 0.2) is 0 Å². The smallest absolute Gasteiger partial charge is 0.137 e. The second-order valence-electron chi connectivity index (χ2n) is 5.80. The normalized spacial score (nSPS) is 29.9. The van der Waals surface area contributed by atoms with Crippen LogP contribution in [-0.4, -0.2) is 47.8 Å². The van der Waals surface area contributed by atoms with Crippen molar-refractivity contribution in [1.82, 2.24) is 9.88 Å². The van der Waals surface area contributed by atoms with Gasteiger partial charge in [-0.15, -0.1) is 0 Å². The summed E-state index contributed by atoms with van der Waals surface area (Å²) in [5, 5.41) is 8.95. The predicted octanol–water partition coefficient (Wildman–Crippen LogP) is 1.65. The Morgan fingerprint density at radius 3 is 3.05 bits per heavy atom. The Hall–Kier alpha value is -1.13. The lowest BCUT2D eigenvalue weighted by Crippen LogP contribution is -2.48. The molecular weight excluding hydrogens is 240 g/mol. The molecule has 2 fully saturated rings. The summed E-state index contributed by atoms with van der Waals surface area (Å²) in [7, 11) is 2.13. The molecule has 1 saturated heterocycles. The van der Waals surface area contributed by atoms with Crippen molar-refractivity contribution < 1.29 is 9.84 Å². The first-order valence-electron chi connectivity index (χ1n) is 7.17. The minimum absolute atomic E-state index is 0.290. The Labute approximate surface area is 114 Å². The maximum Gasteiger partial charge on any atom is 0.137 e. The minimum atomic E-state index is 0.290. The van der Waals surface area contributed by atoms with Crippen LogP contribution in [0.4, 0.5) is 0 Å². The number of likely N-dealkylation sites (N-methyl/N-ethyl adjacent to an activating group) is 1. The van der Waals surface area contributed by atoms with E-state index in [9.17, 15) is 0 Å². The summed E-state index contributed by atoms with van der Waals surface area (Å²) in [6, 6.07) is 2.68. The van der Waals surface area contributed by atoms with Gasteiger partial charge in [0, 0.05) is 18.8 Å². The van der Waals surface area contributed by atoms with Crippen LogP contribution in [0.1, 0.15) is 30.7 Å². The van der Waals surface area contributed by atoms with Gasteiger partial charge in [-0.3, -0.25) is 9.88 Å². The van der Waals surface area contributed by atoms with Gasteiger partial charge in [-0.2, -0.15) is 0 Å². The van der Waals surface area contributed by atoms with Crippen LogP contribution in [0.3, 0.4) is 0 Å². The minimum Gasteiger partial charge on any atom is -0.490 e. The summed E-state index contributed by atoms with van der Waals surface area (Å²) < 4.78 is 5.84. The summed E-state index contributed by atoms with van der Waals surface area (Å²) in [4.78, 5) is 6.60. The maximum absolute atomic E-state index is 8.95. The summed E-state index contributed by atoms with van der Waals surface area (Å²) in [5.41, 5.74) is 1.26. The standard InChI is InChI=1S/C15H22N2O2/c1-17-4-2-13(17)10-19-14-6-12(8-16-9-14)15-7-11(15)3-5-18/h6,8-9,11,13,15,18H,2-5,7,10H2,1H3/t11-,13?,15+/m1/s1. The third kappa shape index (κ3) is 2.90. The number of ether oxygens (including phenoxy) is 1. The molecule has 1 aromatic rings. The van der Waals surface area contributed by atoms with E-state index in [1.165, 1.54) is 24.9 Å². The molecule has 0 spiro atoms. The third-order valence-electron chi connectivity index (χ3n) is 4.47. The third-order valence-corrected chi connectivity index (χ3v) is 4.47. The van der Waals surface area contributed by atoms with Gasteiger partial charge < -0.3 is 9.84 Å². The number of hydrogen-bond acceptors (Lipinski definition) is 4. The highest BCUT2D eigenvalue weighted by atomic mass is 16.5. The predicted molar refractivity (Wildman–Crippen MR) is 73.3 cm³/mol. The number of pyridine rings is 1. The fourth-order valence-corrected chi connectivity index (χ4v) is 2.83. The van der Waals surface area contributed by atoms with Crippen molar-refractivity contribution in [2.75, 3.05) is 26.8 Å². The fraction of sp³-hybridized carbons (Fsp3) is 0.667. The van der Waals surface area contributed by atoms with Crippen molar-refractivity contribution in [2.24, 2.45) is 5.92 Å².